The van der Waals surface area contributed by atoms with Crippen LogP contribution in [0.15, 0.2) is 18.3 Å². The highest BCUT2D eigenvalue weighted by Crippen LogP contribution is 2.31. The van der Waals surface area contributed by atoms with Gasteiger partial charge in [-0.2, -0.15) is 5.10 Å². The minimum atomic E-state index is -0.729. The van der Waals surface area contributed by atoms with Gasteiger partial charge in [-0.1, -0.05) is 11.6 Å². The molecule has 0 fully saturated rings. The van der Waals surface area contributed by atoms with Gasteiger partial charge < -0.3 is 5.32 Å². The number of carbonyl (C=O) groups excluding carboxylic acids is 1. The predicted octanol–water partition coefficient (Wildman–Crippen LogP) is 3.00. The van der Waals surface area contributed by atoms with Crippen LogP contribution in [0.3, 0.4) is 0 Å². The van der Waals surface area contributed by atoms with Crippen molar-refractivity contribution in [1.29, 1.82) is 0 Å². The number of nitrogens with one attached hydrogen (secondary N) is 1. The summed E-state index contributed by atoms with van der Waals surface area (Å²) in [6.45, 7) is 3.28. The summed E-state index contributed by atoms with van der Waals surface area (Å²) < 4.78 is 1.54. The molecule has 0 aliphatic heterocycles. The average molecular weight is 368 g/mol. The Bertz CT molecular complexity index is 828. The monoisotopic (exact) mass is 367 g/mol. The molecule has 11 heteroatoms. The van der Waals surface area contributed by atoms with Gasteiger partial charge in [-0.05, 0) is 13.8 Å². The summed E-state index contributed by atoms with van der Waals surface area (Å²) in [7, 11) is 0. The number of nitro groups is 2. The number of benzene rings is 1. The quantitative estimate of drug-likeness (QED) is 0.616. The first-order chi connectivity index (χ1) is 11.7. The van der Waals surface area contributed by atoms with Gasteiger partial charge in [-0.25, -0.2) is 0 Å². The molecule has 1 N–H and O–H groups in total. The molecule has 0 atom stereocenters. The summed E-state index contributed by atoms with van der Waals surface area (Å²) in [5, 5.41) is 29.0. The third kappa shape index (κ3) is 4.10. The fourth-order valence-electron chi connectivity index (χ4n) is 2.22. The summed E-state index contributed by atoms with van der Waals surface area (Å²) in [5.74, 6) is -0.460. The molecule has 1 amide bonds. The van der Waals surface area contributed by atoms with E-state index in [0.29, 0.717) is 10.7 Å². The van der Waals surface area contributed by atoms with E-state index in [1.807, 2.05) is 0 Å². The lowest BCUT2D eigenvalue weighted by Gasteiger charge is -2.08. The molecule has 1 aromatic heterocycles. The van der Waals surface area contributed by atoms with Crippen molar-refractivity contribution in [3.8, 4) is 0 Å². The Hall–Kier alpha value is -3.01. The maximum absolute atomic E-state index is 12.0. The van der Waals surface area contributed by atoms with Crippen molar-refractivity contribution in [2.45, 2.75) is 26.8 Å². The number of nitro benzene ring substituents is 2. The normalized spacial score (nSPS) is 10.5. The minimum absolute atomic E-state index is 0.00998. The van der Waals surface area contributed by atoms with E-state index in [1.165, 1.54) is 13.1 Å². The molecule has 0 spiro atoms. The molecule has 1 aromatic carbocycles. The Morgan fingerprint density at radius 2 is 1.80 bits per heavy atom. The zero-order valence-corrected chi connectivity index (χ0v) is 14.1. The highest BCUT2D eigenvalue weighted by molar-refractivity contribution is 6.31. The molecule has 2 aromatic rings. The molecule has 0 saturated carbocycles. The van der Waals surface area contributed by atoms with Crippen LogP contribution in [0, 0.1) is 34.1 Å². The van der Waals surface area contributed by atoms with Crippen molar-refractivity contribution in [2.24, 2.45) is 0 Å². The lowest BCUT2D eigenvalue weighted by Crippen LogP contribution is -2.16. The number of aromatic nitrogens is 2. The Morgan fingerprint density at radius 3 is 2.24 bits per heavy atom. The number of rotatable bonds is 6. The Kier molecular flexibility index (Phi) is 5.32. The van der Waals surface area contributed by atoms with E-state index in [1.54, 1.807) is 11.6 Å². The van der Waals surface area contributed by atoms with Crippen molar-refractivity contribution in [3.05, 3.63) is 54.8 Å². The Labute approximate surface area is 146 Å². The van der Waals surface area contributed by atoms with Gasteiger partial charge in [0.2, 0.25) is 5.91 Å². The van der Waals surface area contributed by atoms with Crippen LogP contribution in [0.25, 0.3) is 0 Å². The van der Waals surface area contributed by atoms with E-state index >= 15 is 0 Å². The number of aryl methyl sites for hydroxylation is 1. The first-order valence-electron chi connectivity index (χ1n) is 7.12. The molecule has 1 heterocycles. The van der Waals surface area contributed by atoms with Crippen molar-refractivity contribution in [2.75, 3.05) is 5.32 Å². The summed E-state index contributed by atoms with van der Waals surface area (Å²) in [5.41, 5.74) is -0.242. The lowest BCUT2D eigenvalue weighted by molar-refractivity contribution is -0.395. The minimum Gasteiger partial charge on any atom is -0.326 e. The number of amides is 1. The average Bonchev–Trinajstić information content (AvgIpc) is 2.85. The highest BCUT2D eigenvalue weighted by Gasteiger charge is 2.23. The maximum Gasteiger partial charge on any atom is 0.281 e. The second kappa shape index (κ2) is 7.26. The molecule has 0 bridgehead atoms. The number of halogens is 1. The van der Waals surface area contributed by atoms with Crippen LogP contribution in [0.5, 0.6) is 0 Å². The van der Waals surface area contributed by atoms with Crippen LogP contribution in [0.1, 0.15) is 17.7 Å². The maximum atomic E-state index is 12.0. The summed E-state index contributed by atoms with van der Waals surface area (Å²) in [4.78, 5) is 32.6. The van der Waals surface area contributed by atoms with Crippen molar-refractivity contribution >= 4 is 34.6 Å². The van der Waals surface area contributed by atoms with E-state index in [0.717, 1.165) is 12.1 Å². The van der Waals surface area contributed by atoms with E-state index in [4.69, 9.17) is 11.6 Å². The largest absolute Gasteiger partial charge is 0.326 e. The molecule has 0 aliphatic rings. The van der Waals surface area contributed by atoms with Gasteiger partial charge in [0.15, 0.2) is 0 Å². The van der Waals surface area contributed by atoms with Crippen LogP contribution in [-0.2, 0) is 11.3 Å². The topological polar surface area (TPSA) is 133 Å². The van der Waals surface area contributed by atoms with Gasteiger partial charge in [0.05, 0.1) is 39.0 Å². The van der Waals surface area contributed by atoms with E-state index in [2.05, 4.69) is 10.4 Å². The molecule has 0 radical (unpaired) electrons. The van der Waals surface area contributed by atoms with Crippen LogP contribution < -0.4 is 5.32 Å². The highest BCUT2D eigenvalue weighted by atomic mass is 35.5. The third-order valence-corrected chi connectivity index (χ3v) is 4.00. The van der Waals surface area contributed by atoms with Gasteiger partial charge in [0, 0.05) is 18.6 Å². The second-order valence-corrected chi connectivity index (χ2v) is 5.66. The zero-order valence-electron chi connectivity index (χ0n) is 13.4. The number of anilines is 1. The Balaban J connectivity index is 2.16. The fraction of sp³-hybridized carbons (Fsp3) is 0.286. The zero-order chi connectivity index (χ0) is 18.7. The molecule has 25 heavy (non-hydrogen) atoms. The Morgan fingerprint density at radius 1 is 1.24 bits per heavy atom. The second-order valence-electron chi connectivity index (χ2n) is 5.25. The number of hydrogen-bond acceptors (Lipinski definition) is 6. The summed E-state index contributed by atoms with van der Waals surface area (Å²) in [6, 6.07) is 2.19. The van der Waals surface area contributed by atoms with Gasteiger partial charge >= 0.3 is 0 Å². The molecular weight excluding hydrogens is 354 g/mol. The smallest absolute Gasteiger partial charge is 0.281 e. The molecule has 0 aliphatic carbocycles. The standard InChI is InChI=1S/C14H14ClN5O5/c1-8-12(19(22)23)5-10(6-13(8)20(24)25)17-14(21)3-4-18-9(2)11(15)7-16-18/h5-7H,3-4H2,1-2H3,(H,17,21). The molecule has 0 unspecified atom stereocenters. The number of hydrogen-bond donors (Lipinski definition) is 1. The van der Waals surface area contributed by atoms with Gasteiger partial charge in [-0.3, -0.25) is 29.7 Å². The van der Waals surface area contributed by atoms with Gasteiger partial charge in [-0.15, -0.1) is 0 Å². The first kappa shape index (κ1) is 18.3. The van der Waals surface area contributed by atoms with Crippen LogP contribution in [0.2, 0.25) is 5.02 Å². The fourth-order valence-corrected chi connectivity index (χ4v) is 2.36. The summed E-state index contributed by atoms with van der Waals surface area (Å²) >= 11 is 5.87. The van der Waals surface area contributed by atoms with Crippen molar-refractivity contribution < 1.29 is 14.6 Å². The van der Waals surface area contributed by atoms with Gasteiger partial charge in [0.25, 0.3) is 11.4 Å². The molecule has 0 saturated heterocycles. The van der Waals surface area contributed by atoms with Crippen molar-refractivity contribution in [1.82, 2.24) is 9.78 Å². The lowest BCUT2D eigenvalue weighted by atomic mass is 10.1. The van der Waals surface area contributed by atoms with Crippen LogP contribution in [0.4, 0.5) is 17.1 Å². The SMILES string of the molecule is Cc1c([N+](=O)[O-])cc(NC(=O)CCn2ncc(Cl)c2C)cc1[N+](=O)[O-]. The third-order valence-electron chi connectivity index (χ3n) is 3.62. The van der Waals surface area contributed by atoms with E-state index < -0.39 is 27.1 Å². The molecular formula is C14H14ClN5O5. The molecule has 2 rings (SSSR count). The molecule has 10 nitrogen and oxygen atoms in total. The van der Waals surface area contributed by atoms with Crippen molar-refractivity contribution in [3.63, 3.8) is 0 Å². The summed E-state index contributed by atoms with van der Waals surface area (Å²) in [6.07, 6.45) is 1.48. The van der Waals surface area contributed by atoms with Gasteiger partial charge in [0.1, 0.15) is 5.56 Å². The number of carbonyl (C=O) groups is 1. The predicted molar refractivity (Wildman–Crippen MR) is 89.7 cm³/mol. The first-order valence-corrected chi connectivity index (χ1v) is 7.49. The van der Waals surface area contributed by atoms with Crippen LogP contribution in [-0.4, -0.2) is 25.5 Å². The van der Waals surface area contributed by atoms with Crippen LogP contribution >= 0.6 is 11.6 Å². The van der Waals surface area contributed by atoms with E-state index in [9.17, 15) is 25.0 Å². The van der Waals surface area contributed by atoms with E-state index in [-0.39, 0.29) is 24.2 Å². The molecule has 132 valence electrons. The number of nitrogens with zero attached hydrogens (tertiary/aromatic N) is 4.